The number of hydrogen-bond donors (Lipinski definition) is 10. The van der Waals surface area contributed by atoms with Crippen LogP contribution in [0.5, 0.6) is 51.7 Å². The maximum atomic E-state index is 13.1. The predicted molar refractivity (Wildman–Crippen MR) is 144 cm³/mol. The second-order valence-corrected chi connectivity index (χ2v) is 9.73. The number of ether oxygens (including phenoxy) is 4. The number of carbonyl (C=O) groups is 3. The number of alkyl halides is 1. The van der Waals surface area contributed by atoms with Crippen molar-refractivity contribution >= 4 is 29.5 Å². The molecule has 1 saturated heterocycles. The average molecular weight is 655 g/mol. The van der Waals surface area contributed by atoms with Gasteiger partial charge in [0.25, 0.3) is 0 Å². The predicted octanol–water partition coefficient (Wildman–Crippen LogP) is 0.970. The molecule has 1 heterocycles. The minimum Gasteiger partial charge on any atom is -0.504 e. The van der Waals surface area contributed by atoms with Crippen molar-refractivity contribution in [2.45, 2.75) is 30.7 Å². The number of hydrogen-bond acceptors (Lipinski definition) is 17. The van der Waals surface area contributed by atoms with Gasteiger partial charge in [0, 0.05) is 0 Å². The molecule has 0 aromatic heterocycles. The van der Waals surface area contributed by atoms with Crippen molar-refractivity contribution < 1.29 is 84.4 Å². The lowest BCUT2D eigenvalue weighted by Gasteiger charge is -2.42. The van der Waals surface area contributed by atoms with Crippen molar-refractivity contribution in [1.29, 1.82) is 0 Å². The molecule has 3 aromatic carbocycles. The highest BCUT2D eigenvalue weighted by Crippen LogP contribution is 2.39. The molecule has 4 rings (SSSR count). The molecule has 0 bridgehead atoms. The van der Waals surface area contributed by atoms with Crippen LogP contribution in [0.2, 0.25) is 0 Å². The van der Waals surface area contributed by atoms with Crippen molar-refractivity contribution in [2.75, 3.05) is 5.88 Å². The van der Waals surface area contributed by atoms with Crippen LogP contribution in [0, 0.1) is 0 Å². The quantitative estimate of drug-likeness (QED) is 0.0734. The van der Waals surface area contributed by atoms with Gasteiger partial charge in [-0.15, -0.1) is 11.6 Å². The number of carbonyl (C=O) groups excluding carboxylic acids is 3. The van der Waals surface area contributed by atoms with Gasteiger partial charge in [0.2, 0.25) is 0 Å². The minimum atomic E-state index is -2.16. The first-order valence-electron chi connectivity index (χ1n) is 12.4. The van der Waals surface area contributed by atoms with Crippen LogP contribution in [0.15, 0.2) is 36.4 Å². The first-order valence-corrected chi connectivity index (χ1v) is 12.9. The van der Waals surface area contributed by atoms with Gasteiger partial charge in [-0.1, -0.05) is 0 Å². The summed E-state index contributed by atoms with van der Waals surface area (Å²) in [6, 6.07) is 4.13. The van der Waals surface area contributed by atoms with Crippen LogP contribution in [0.25, 0.3) is 0 Å². The van der Waals surface area contributed by atoms with E-state index in [1.807, 2.05) is 0 Å². The molecule has 10 N–H and O–H groups in total. The molecule has 1 fully saturated rings. The molecule has 0 aliphatic carbocycles. The Labute approximate surface area is 255 Å². The largest absolute Gasteiger partial charge is 0.504 e. The molecule has 0 radical (unpaired) electrons. The second kappa shape index (κ2) is 12.6. The van der Waals surface area contributed by atoms with Crippen LogP contribution in [-0.2, 0) is 18.9 Å². The Morgan fingerprint density at radius 1 is 0.556 bits per heavy atom. The lowest BCUT2D eigenvalue weighted by Crippen LogP contribution is -2.62. The molecule has 5 atom stereocenters. The topological polar surface area (TPSA) is 290 Å². The highest BCUT2D eigenvalue weighted by atomic mass is 35.5. The zero-order valence-corrected chi connectivity index (χ0v) is 23.0. The van der Waals surface area contributed by atoms with Gasteiger partial charge >= 0.3 is 17.9 Å². The van der Waals surface area contributed by atoms with E-state index in [9.17, 15) is 65.4 Å². The van der Waals surface area contributed by atoms with Gasteiger partial charge in [0.05, 0.1) is 22.6 Å². The van der Waals surface area contributed by atoms with Gasteiger partial charge in [0.1, 0.15) is 6.10 Å². The molecule has 240 valence electrons. The van der Waals surface area contributed by atoms with E-state index in [-0.39, 0.29) is 0 Å². The first-order chi connectivity index (χ1) is 21.1. The van der Waals surface area contributed by atoms with Crippen molar-refractivity contribution in [1.82, 2.24) is 0 Å². The van der Waals surface area contributed by atoms with Gasteiger partial charge in [-0.05, 0) is 36.4 Å². The molecule has 0 saturated carbocycles. The number of aromatic hydroxyl groups is 9. The third-order valence-corrected chi connectivity index (χ3v) is 6.71. The molecule has 0 spiro atoms. The van der Waals surface area contributed by atoms with E-state index in [0.29, 0.717) is 36.4 Å². The smallest absolute Gasteiger partial charge is 0.339 e. The second-order valence-electron chi connectivity index (χ2n) is 9.42. The monoisotopic (exact) mass is 654 g/mol. The summed E-state index contributed by atoms with van der Waals surface area (Å²) >= 11 is 5.96. The number of phenols is 9. The molecule has 0 amide bonds. The van der Waals surface area contributed by atoms with Crippen LogP contribution in [0.4, 0.5) is 0 Å². The Balaban J connectivity index is 1.75. The number of aliphatic hydroxyl groups is 1. The number of rotatable bonds is 7. The zero-order valence-electron chi connectivity index (χ0n) is 22.3. The summed E-state index contributed by atoms with van der Waals surface area (Å²) in [6.07, 6.45) is -9.65. The molecular formula is C27H23ClO17. The molecule has 45 heavy (non-hydrogen) atoms. The average Bonchev–Trinajstić information content (AvgIpc) is 2.99. The third-order valence-electron chi connectivity index (χ3n) is 6.41. The van der Waals surface area contributed by atoms with Crippen LogP contribution < -0.4 is 0 Å². The Morgan fingerprint density at radius 3 is 1.16 bits per heavy atom. The summed E-state index contributed by atoms with van der Waals surface area (Å²) in [7, 11) is 0. The van der Waals surface area contributed by atoms with Gasteiger partial charge in [-0.25, -0.2) is 14.4 Å². The van der Waals surface area contributed by atoms with Gasteiger partial charge in [-0.2, -0.15) is 0 Å². The zero-order chi connectivity index (χ0) is 33.3. The molecule has 3 aromatic rings. The number of phenolic OH excluding ortho intramolecular Hbond substituents is 9. The Morgan fingerprint density at radius 2 is 0.844 bits per heavy atom. The summed E-state index contributed by atoms with van der Waals surface area (Å²) in [5.41, 5.74) is -1.73. The van der Waals surface area contributed by atoms with Crippen molar-refractivity contribution in [3.8, 4) is 51.7 Å². The molecular weight excluding hydrogens is 632 g/mol. The summed E-state index contributed by atoms with van der Waals surface area (Å²) in [4.78, 5) is 39.2. The minimum absolute atomic E-state index is 0.552. The van der Waals surface area contributed by atoms with E-state index in [0.717, 1.165) is 0 Å². The summed E-state index contributed by atoms with van der Waals surface area (Å²) in [5.74, 6) is -13.2. The van der Waals surface area contributed by atoms with Crippen LogP contribution in [0.3, 0.4) is 0 Å². The Bertz CT molecular complexity index is 1590. The molecule has 0 unspecified atom stereocenters. The van der Waals surface area contributed by atoms with Crippen molar-refractivity contribution in [3.63, 3.8) is 0 Å². The van der Waals surface area contributed by atoms with E-state index >= 15 is 0 Å². The lowest BCUT2D eigenvalue weighted by atomic mass is 9.98. The van der Waals surface area contributed by atoms with Crippen molar-refractivity contribution in [3.05, 3.63) is 53.1 Å². The number of esters is 3. The number of halogens is 1. The van der Waals surface area contributed by atoms with E-state index in [1.54, 1.807) is 0 Å². The van der Waals surface area contributed by atoms with Crippen LogP contribution in [0.1, 0.15) is 31.1 Å². The molecule has 1 aliphatic heterocycles. The number of aliphatic hydroxyl groups excluding tert-OH is 1. The fourth-order valence-corrected chi connectivity index (χ4v) is 4.41. The first kappa shape index (κ1) is 32.4. The van der Waals surface area contributed by atoms with Gasteiger partial charge in [0.15, 0.2) is 76.3 Å². The van der Waals surface area contributed by atoms with Crippen LogP contribution >= 0.6 is 11.6 Å². The number of benzene rings is 3. The lowest BCUT2D eigenvalue weighted by molar-refractivity contribution is -0.274. The fourth-order valence-electron chi connectivity index (χ4n) is 4.16. The van der Waals surface area contributed by atoms with E-state index in [1.165, 1.54) is 0 Å². The molecule has 17 nitrogen and oxygen atoms in total. The highest BCUT2D eigenvalue weighted by molar-refractivity contribution is 6.18. The Hall–Kier alpha value is -5.52. The van der Waals surface area contributed by atoms with E-state index < -0.39 is 123 Å². The molecule has 1 aliphatic rings. The molecule has 18 heteroatoms. The van der Waals surface area contributed by atoms with E-state index in [2.05, 4.69) is 0 Å². The maximum absolute atomic E-state index is 13.1. The summed E-state index contributed by atoms with van der Waals surface area (Å²) in [6.45, 7) is 0. The Kier molecular flexibility index (Phi) is 9.08. The standard InChI is InChI=1S/C27H23ClO17/c28-7-17-21(43-24(38)8-1-11(29)18(35)12(30)2-8)22(44-25(39)9-3-13(31)19(36)14(32)4-9)23(27(41)42-17)45-26(40)10-5-15(33)20(37)16(34)6-10/h1-6,17,21-23,27,29-37,41H,7H2/t17-,21-,22+,23-,27+/m1/s1. The normalized spacial score (nSPS) is 21.1. The van der Waals surface area contributed by atoms with Gasteiger partial charge in [-0.3, -0.25) is 0 Å². The highest BCUT2D eigenvalue weighted by Gasteiger charge is 2.52. The maximum Gasteiger partial charge on any atom is 0.339 e. The van der Waals surface area contributed by atoms with E-state index in [4.69, 9.17) is 30.5 Å². The SMILES string of the molecule is O=C(O[C@@H]1[C@@H](OC(=O)c2cc(O)c(O)c(O)c2)[C@@H](O)O[C@H](CCl)[C@H]1OC(=O)c1cc(O)c(O)c(O)c1)c1cc(O)c(O)c(O)c1. The summed E-state index contributed by atoms with van der Waals surface area (Å²) in [5, 5.41) is 98.3. The van der Waals surface area contributed by atoms with Crippen LogP contribution in [-0.4, -0.2) is 106 Å². The fraction of sp³-hybridized carbons (Fsp3) is 0.222. The third kappa shape index (κ3) is 6.54. The van der Waals surface area contributed by atoms with Gasteiger partial charge < -0.3 is 70.0 Å². The van der Waals surface area contributed by atoms with Crippen molar-refractivity contribution in [2.24, 2.45) is 0 Å². The summed E-state index contributed by atoms with van der Waals surface area (Å²) < 4.78 is 21.3.